The van der Waals surface area contributed by atoms with Gasteiger partial charge in [0, 0.05) is 6.54 Å². The topological polar surface area (TPSA) is 29.1 Å². The van der Waals surface area contributed by atoms with Gasteiger partial charge in [-0.3, -0.25) is 0 Å². The third-order valence-electron chi connectivity index (χ3n) is 3.84. The Morgan fingerprint density at radius 2 is 2.00 bits per heavy atom. The Morgan fingerprint density at radius 1 is 1.31 bits per heavy atom. The van der Waals surface area contributed by atoms with E-state index in [0.717, 1.165) is 19.3 Å². The number of fused-ring (bicyclic) bond motifs is 2. The molecular weight excluding hydrogens is 239 g/mol. The molecule has 2 rings (SSSR count). The molecular formula is C10H16F3NOS. The molecule has 0 aliphatic heterocycles. The molecule has 4 unspecified atom stereocenters. The lowest BCUT2D eigenvalue weighted by molar-refractivity contribution is -0.0403. The SMILES string of the molecule is C=S(=O)(NCC1CC2CCC1C2)C(F)(F)F. The predicted octanol–water partition coefficient (Wildman–Crippen LogP) is 2.16. The van der Waals surface area contributed by atoms with E-state index >= 15 is 0 Å². The van der Waals surface area contributed by atoms with Crippen LogP contribution < -0.4 is 4.72 Å². The van der Waals surface area contributed by atoms with Crippen LogP contribution in [-0.2, 0) is 9.71 Å². The number of alkyl halides is 3. The first-order valence-electron chi connectivity index (χ1n) is 5.48. The average Bonchev–Trinajstić information content (AvgIpc) is 2.73. The van der Waals surface area contributed by atoms with Crippen LogP contribution in [0.1, 0.15) is 25.7 Å². The van der Waals surface area contributed by atoms with Gasteiger partial charge in [-0.15, -0.1) is 0 Å². The highest BCUT2D eigenvalue weighted by atomic mass is 32.2. The molecule has 0 aromatic carbocycles. The molecule has 0 heterocycles. The van der Waals surface area contributed by atoms with Crippen LogP contribution in [0.5, 0.6) is 0 Å². The second kappa shape index (κ2) is 3.91. The number of halogens is 3. The summed E-state index contributed by atoms with van der Waals surface area (Å²) in [5.74, 6) is 4.22. The summed E-state index contributed by atoms with van der Waals surface area (Å²) in [5.41, 5.74) is -4.75. The highest BCUT2D eigenvalue weighted by Crippen LogP contribution is 2.48. The maximum atomic E-state index is 12.3. The van der Waals surface area contributed by atoms with Crippen LogP contribution in [0, 0.1) is 17.8 Å². The van der Waals surface area contributed by atoms with E-state index < -0.39 is 15.2 Å². The zero-order valence-corrected chi connectivity index (χ0v) is 9.74. The zero-order valence-electron chi connectivity index (χ0n) is 8.93. The van der Waals surface area contributed by atoms with E-state index in [1.165, 1.54) is 6.42 Å². The lowest BCUT2D eigenvalue weighted by Gasteiger charge is -2.23. The Balaban J connectivity index is 1.89. The van der Waals surface area contributed by atoms with Gasteiger partial charge in [0.15, 0.2) is 0 Å². The molecule has 0 saturated heterocycles. The monoisotopic (exact) mass is 255 g/mol. The van der Waals surface area contributed by atoms with Crippen LogP contribution in [0.4, 0.5) is 13.2 Å². The largest absolute Gasteiger partial charge is 0.476 e. The molecule has 2 fully saturated rings. The first-order chi connectivity index (χ1) is 7.29. The quantitative estimate of drug-likeness (QED) is 0.769. The summed E-state index contributed by atoms with van der Waals surface area (Å²) < 4.78 is 50.2. The fourth-order valence-electron chi connectivity index (χ4n) is 2.95. The molecule has 2 aliphatic carbocycles. The summed E-state index contributed by atoms with van der Waals surface area (Å²) in [4.78, 5) is 0. The molecule has 4 atom stereocenters. The zero-order chi connectivity index (χ0) is 12.0. The van der Waals surface area contributed by atoms with Crippen LogP contribution >= 0.6 is 0 Å². The summed E-state index contributed by atoms with van der Waals surface area (Å²) in [6, 6.07) is 0. The van der Waals surface area contributed by atoms with Crippen LogP contribution in [0.2, 0.25) is 0 Å². The van der Waals surface area contributed by atoms with Crippen molar-refractivity contribution in [2.75, 3.05) is 6.54 Å². The number of hydrogen-bond acceptors (Lipinski definition) is 1. The highest BCUT2D eigenvalue weighted by Gasteiger charge is 2.43. The average molecular weight is 255 g/mol. The molecule has 2 saturated carbocycles. The van der Waals surface area contributed by atoms with Crippen LogP contribution in [0.15, 0.2) is 0 Å². The summed E-state index contributed by atoms with van der Waals surface area (Å²) >= 11 is 0. The minimum absolute atomic E-state index is 0.184. The van der Waals surface area contributed by atoms with E-state index in [0.29, 0.717) is 11.8 Å². The molecule has 0 aromatic rings. The van der Waals surface area contributed by atoms with E-state index in [1.54, 1.807) is 0 Å². The second-order valence-corrected chi connectivity index (χ2v) is 7.01. The standard InChI is InChI=1S/C10H16F3NOS/c1-16(15,10(11,12)13)14-6-9-5-7-2-3-8(9)4-7/h7-9H,1-6H2,(H,14,15). The van der Waals surface area contributed by atoms with Gasteiger partial charge < -0.3 is 0 Å². The Labute approximate surface area is 93.7 Å². The third kappa shape index (κ3) is 2.22. The van der Waals surface area contributed by atoms with Crippen molar-refractivity contribution in [3.8, 4) is 0 Å². The van der Waals surface area contributed by atoms with Crippen molar-refractivity contribution in [1.29, 1.82) is 0 Å². The molecule has 6 heteroatoms. The van der Waals surface area contributed by atoms with Gasteiger partial charge in [0.25, 0.3) is 0 Å². The van der Waals surface area contributed by atoms with Crippen LogP contribution in [0.25, 0.3) is 0 Å². The van der Waals surface area contributed by atoms with Gasteiger partial charge in [-0.1, -0.05) is 6.42 Å². The van der Waals surface area contributed by atoms with Gasteiger partial charge in [-0.2, -0.15) is 13.2 Å². The van der Waals surface area contributed by atoms with Crippen molar-refractivity contribution in [3.05, 3.63) is 0 Å². The number of hydrogen-bond donors (Lipinski definition) is 1. The van der Waals surface area contributed by atoms with Crippen molar-refractivity contribution < 1.29 is 17.4 Å². The van der Waals surface area contributed by atoms with Crippen molar-refractivity contribution >= 4 is 15.6 Å². The van der Waals surface area contributed by atoms with E-state index in [2.05, 4.69) is 10.6 Å². The molecule has 2 nitrogen and oxygen atoms in total. The fraction of sp³-hybridized carbons (Fsp3) is 0.900. The minimum Gasteiger partial charge on any atom is -0.244 e. The van der Waals surface area contributed by atoms with Crippen LogP contribution in [-0.4, -0.2) is 22.1 Å². The Bertz CT molecular complexity index is 363. The van der Waals surface area contributed by atoms with E-state index in [-0.39, 0.29) is 12.5 Å². The van der Waals surface area contributed by atoms with Crippen molar-refractivity contribution in [2.24, 2.45) is 17.8 Å². The predicted molar refractivity (Wildman–Crippen MR) is 58.3 cm³/mol. The fourth-order valence-corrected chi connectivity index (χ4v) is 3.60. The van der Waals surface area contributed by atoms with E-state index in [1.807, 2.05) is 0 Å². The number of rotatable bonds is 3. The van der Waals surface area contributed by atoms with Crippen molar-refractivity contribution in [3.63, 3.8) is 0 Å². The molecule has 0 radical (unpaired) electrons. The first-order valence-corrected chi connectivity index (χ1v) is 7.20. The van der Waals surface area contributed by atoms with Gasteiger partial charge in [-0.05, 0) is 42.9 Å². The van der Waals surface area contributed by atoms with Crippen LogP contribution in [0.3, 0.4) is 0 Å². The maximum Gasteiger partial charge on any atom is 0.476 e. The molecule has 16 heavy (non-hydrogen) atoms. The second-order valence-electron chi connectivity index (χ2n) is 4.90. The normalized spacial score (nSPS) is 37.6. The lowest BCUT2D eigenvalue weighted by Crippen LogP contribution is -2.39. The Hall–Kier alpha value is -0.230. The van der Waals surface area contributed by atoms with Crippen molar-refractivity contribution in [2.45, 2.75) is 31.2 Å². The number of nitrogens with one attached hydrogen (secondary N) is 1. The molecule has 1 N–H and O–H groups in total. The summed E-state index contributed by atoms with van der Waals surface area (Å²) in [5, 5.41) is 0. The summed E-state index contributed by atoms with van der Waals surface area (Å²) in [7, 11) is -4.15. The molecule has 2 bridgehead atoms. The maximum absolute atomic E-state index is 12.3. The van der Waals surface area contributed by atoms with Gasteiger partial charge >= 0.3 is 5.51 Å². The molecule has 0 amide bonds. The highest BCUT2D eigenvalue weighted by molar-refractivity contribution is 7.99. The van der Waals surface area contributed by atoms with E-state index in [4.69, 9.17) is 0 Å². The van der Waals surface area contributed by atoms with Gasteiger partial charge in [0.1, 0.15) is 9.71 Å². The summed E-state index contributed by atoms with van der Waals surface area (Å²) in [6.07, 6.45) is 4.43. The Morgan fingerprint density at radius 3 is 2.44 bits per heavy atom. The molecule has 2 aliphatic rings. The van der Waals surface area contributed by atoms with Crippen molar-refractivity contribution in [1.82, 2.24) is 4.72 Å². The molecule has 0 aromatic heterocycles. The summed E-state index contributed by atoms with van der Waals surface area (Å²) in [6.45, 7) is 0.184. The molecule has 94 valence electrons. The minimum atomic E-state index is -4.75. The third-order valence-corrected chi connectivity index (χ3v) is 5.22. The van der Waals surface area contributed by atoms with Gasteiger partial charge in [0.2, 0.25) is 0 Å². The van der Waals surface area contributed by atoms with Gasteiger partial charge in [0.05, 0.1) is 0 Å². The van der Waals surface area contributed by atoms with Gasteiger partial charge in [-0.25, -0.2) is 8.93 Å². The van der Waals surface area contributed by atoms with E-state index in [9.17, 15) is 17.4 Å². The first kappa shape index (κ1) is 12.2. The smallest absolute Gasteiger partial charge is 0.244 e. The molecule has 0 spiro atoms. The lowest BCUT2D eigenvalue weighted by atomic mass is 9.89. The Kier molecular flexibility index (Phi) is 2.99.